The maximum absolute atomic E-state index is 13.3. The Labute approximate surface area is 78.0 Å². The third-order valence-corrected chi connectivity index (χ3v) is 2.61. The van der Waals surface area contributed by atoms with Crippen molar-refractivity contribution < 1.29 is 4.39 Å². The van der Waals surface area contributed by atoms with Gasteiger partial charge in [0, 0.05) is 18.7 Å². The second-order valence-corrected chi connectivity index (χ2v) is 3.62. The van der Waals surface area contributed by atoms with Crippen LogP contribution in [0.15, 0.2) is 18.2 Å². The van der Waals surface area contributed by atoms with Crippen molar-refractivity contribution in [3.63, 3.8) is 0 Å². The minimum absolute atomic E-state index is 0.564. The molecule has 2 rings (SSSR count). The highest BCUT2D eigenvalue weighted by Gasteiger charge is 2.16. The Morgan fingerprint density at radius 1 is 1.46 bits per heavy atom. The number of anilines is 1. The van der Waals surface area contributed by atoms with Gasteiger partial charge in [-0.15, -0.1) is 0 Å². The second kappa shape index (κ2) is 3.36. The van der Waals surface area contributed by atoms with Crippen LogP contribution in [-0.4, -0.2) is 12.7 Å². The SMILES string of the molecule is Cc1cccc2c1CC(F)CCN2. The van der Waals surface area contributed by atoms with Gasteiger partial charge in [0.05, 0.1) is 0 Å². The number of alkyl halides is 1. The molecule has 1 aliphatic rings. The molecule has 0 aliphatic carbocycles. The summed E-state index contributed by atoms with van der Waals surface area (Å²) in [4.78, 5) is 0. The van der Waals surface area contributed by atoms with E-state index in [1.165, 1.54) is 5.56 Å². The van der Waals surface area contributed by atoms with Crippen molar-refractivity contribution in [1.82, 2.24) is 0 Å². The molecule has 0 amide bonds. The lowest BCUT2D eigenvalue weighted by molar-refractivity contribution is 0.322. The zero-order valence-electron chi connectivity index (χ0n) is 7.81. The molecule has 2 heteroatoms. The average Bonchev–Trinajstić information content (AvgIpc) is 2.28. The molecule has 0 spiro atoms. The topological polar surface area (TPSA) is 12.0 Å². The van der Waals surface area contributed by atoms with Gasteiger partial charge in [0.15, 0.2) is 0 Å². The molecule has 1 N–H and O–H groups in total. The smallest absolute Gasteiger partial charge is 0.106 e. The Balaban J connectivity index is 2.40. The monoisotopic (exact) mass is 179 g/mol. The van der Waals surface area contributed by atoms with E-state index < -0.39 is 6.17 Å². The van der Waals surface area contributed by atoms with Gasteiger partial charge in [-0.1, -0.05) is 12.1 Å². The van der Waals surface area contributed by atoms with E-state index in [0.29, 0.717) is 12.8 Å². The molecule has 70 valence electrons. The van der Waals surface area contributed by atoms with E-state index in [4.69, 9.17) is 0 Å². The molecule has 1 nitrogen and oxygen atoms in total. The van der Waals surface area contributed by atoms with E-state index >= 15 is 0 Å². The predicted molar refractivity (Wildman–Crippen MR) is 52.9 cm³/mol. The maximum atomic E-state index is 13.3. The van der Waals surface area contributed by atoms with Crippen LogP contribution in [0, 0.1) is 6.92 Å². The molecule has 1 aromatic carbocycles. The molecule has 0 aromatic heterocycles. The average molecular weight is 179 g/mol. The summed E-state index contributed by atoms with van der Waals surface area (Å²) in [6.45, 7) is 2.79. The van der Waals surface area contributed by atoms with Crippen LogP contribution in [0.2, 0.25) is 0 Å². The highest BCUT2D eigenvalue weighted by atomic mass is 19.1. The minimum Gasteiger partial charge on any atom is -0.385 e. The quantitative estimate of drug-likeness (QED) is 0.645. The molecule has 0 saturated heterocycles. The van der Waals surface area contributed by atoms with Crippen LogP contribution >= 0.6 is 0 Å². The van der Waals surface area contributed by atoms with Crippen LogP contribution in [-0.2, 0) is 6.42 Å². The Morgan fingerprint density at radius 2 is 2.31 bits per heavy atom. The van der Waals surface area contributed by atoms with Gasteiger partial charge in [0.1, 0.15) is 6.17 Å². The predicted octanol–water partition coefficient (Wildman–Crippen LogP) is 2.69. The molecular formula is C11H14FN. The fourth-order valence-electron chi connectivity index (χ4n) is 1.83. The van der Waals surface area contributed by atoms with Gasteiger partial charge in [-0.3, -0.25) is 0 Å². The molecular weight excluding hydrogens is 165 g/mol. The molecule has 0 radical (unpaired) electrons. The zero-order chi connectivity index (χ0) is 9.26. The molecule has 1 heterocycles. The van der Waals surface area contributed by atoms with Gasteiger partial charge >= 0.3 is 0 Å². The number of rotatable bonds is 0. The van der Waals surface area contributed by atoms with Gasteiger partial charge in [-0.05, 0) is 30.5 Å². The summed E-state index contributed by atoms with van der Waals surface area (Å²) in [6.07, 6.45) is 0.498. The van der Waals surface area contributed by atoms with Crippen LogP contribution < -0.4 is 5.32 Å². The molecule has 13 heavy (non-hydrogen) atoms. The van der Waals surface area contributed by atoms with Crippen LogP contribution in [0.4, 0.5) is 10.1 Å². The zero-order valence-corrected chi connectivity index (χ0v) is 7.81. The standard InChI is InChI=1S/C11H14FN/c1-8-3-2-4-11-10(8)7-9(12)5-6-13-11/h2-4,9,13H,5-7H2,1H3. The summed E-state index contributed by atoms with van der Waals surface area (Å²) < 4.78 is 13.3. The van der Waals surface area contributed by atoms with Gasteiger partial charge in [-0.2, -0.15) is 0 Å². The fourth-order valence-corrected chi connectivity index (χ4v) is 1.83. The summed E-state index contributed by atoms with van der Waals surface area (Å²) in [5, 5.41) is 3.26. The Hall–Kier alpha value is -1.05. The number of nitrogens with one attached hydrogen (secondary N) is 1. The highest BCUT2D eigenvalue weighted by Crippen LogP contribution is 2.25. The highest BCUT2D eigenvalue weighted by molar-refractivity contribution is 5.55. The second-order valence-electron chi connectivity index (χ2n) is 3.62. The fraction of sp³-hybridized carbons (Fsp3) is 0.455. The lowest BCUT2D eigenvalue weighted by Gasteiger charge is -2.09. The molecule has 0 fully saturated rings. The van der Waals surface area contributed by atoms with Crippen LogP contribution in [0.5, 0.6) is 0 Å². The Kier molecular flexibility index (Phi) is 2.21. The Bertz CT molecular complexity index is 309. The number of benzene rings is 1. The van der Waals surface area contributed by atoms with E-state index in [2.05, 4.69) is 5.32 Å². The van der Waals surface area contributed by atoms with Gasteiger partial charge in [0.2, 0.25) is 0 Å². The van der Waals surface area contributed by atoms with E-state index in [0.717, 1.165) is 17.8 Å². The maximum Gasteiger partial charge on any atom is 0.106 e. The van der Waals surface area contributed by atoms with Crippen molar-refractivity contribution in [2.45, 2.75) is 25.9 Å². The largest absolute Gasteiger partial charge is 0.385 e. The van der Waals surface area contributed by atoms with Crippen molar-refractivity contribution in [3.05, 3.63) is 29.3 Å². The van der Waals surface area contributed by atoms with E-state index in [9.17, 15) is 4.39 Å². The molecule has 0 bridgehead atoms. The molecule has 1 aromatic rings. The molecule has 1 aliphatic heterocycles. The van der Waals surface area contributed by atoms with Gasteiger partial charge < -0.3 is 5.32 Å². The number of fused-ring (bicyclic) bond motifs is 1. The van der Waals surface area contributed by atoms with E-state index in [1.807, 2.05) is 25.1 Å². The van der Waals surface area contributed by atoms with Crippen molar-refractivity contribution in [2.24, 2.45) is 0 Å². The van der Waals surface area contributed by atoms with Crippen LogP contribution in [0.25, 0.3) is 0 Å². The van der Waals surface area contributed by atoms with Crippen molar-refractivity contribution in [1.29, 1.82) is 0 Å². The Morgan fingerprint density at radius 3 is 3.15 bits per heavy atom. The van der Waals surface area contributed by atoms with Crippen LogP contribution in [0.1, 0.15) is 17.5 Å². The minimum atomic E-state index is -0.685. The molecule has 1 atom stereocenters. The lowest BCUT2D eigenvalue weighted by atomic mass is 10.0. The van der Waals surface area contributed by atoms with E-state index in [1.54, 1.807) is 0 Å². The molecule has 0 saturated carbocycles. The first-order chi connectivity index (χ1) is 6.27. The number of hydrogen-bond acceptors (Lipinski definition) is 1. The van der Waals surface area contributed by atoms with Crippen molar-refractivity contribution in [3.8, 4) is 0 Å². The number of aryl methyl sites for hydroxylation is 1. The lowest BCUT2D eigenvalue weighted by Crippen LogP contribution is -2.05. The van der Waals surface area contributed by atoms with Crippen molar-refractivity contribution >= 4 is 5.69 Å². The summed E-state index contributed by atoms with van der Waals surface area (Å²) in [6, 6.07) is 6.08. The number of halogens is 1. The van der Waals surface area contributed by atoms with Gasteiger partial charge in [-0.25, -0.2) is 4.39 Å². The first-order valence-electron chi connectivity index (χ1n) is 4.74. The molecule has 1 unspecified atom stereocenters. The number of hydrogen-bond donors (Lipinski definition) is 1. The van der Waals surface area contributed by atoms with Crippen LogP contribution in [0.3, 0.4) is 0 Å². The van der Waals surface area contributed by atoms with E-state index in [-0.39, 0.29) is 0 Å². The first kappa shape index (κ1) is 8.54. The van der Waals surface area contributed by atoms with Gasteiger partial charge in [0.25, 0.3) is 0 Å². The normalized spacial score (nSPS) is 21.5. The first-order valence-corrected chi connectivity index (χ1v) is 4.74. The summed E-state index contributed by atoms with van der Waals surface area (Å²) in [5.41, 5.74) is 3.45. The summed E-state index contributed by atoms with van der Waals surface area (Å²) in [5.74, 6) is 0. The summed E-state index contributed by atoms with van der Waals surface area (Å²) in [7, 11) is 0. The third kappa shape index (κ3) is 1.67. The summed E-state index contributed by atoms with van der Waals surface area (Å²) >= 11 is 0. The third-order valence-electron chi connectivity index (χ3n) is 2.61. The van der Waals surface area contributed by atoms with Crippen molar-refractivity contribution in [2.75, 3.05) is 11.9 Å².